The molecule has 0 bridgehead atoms. The molecule has 2 aliphatic rings. The smallest absolute Gasteiger partial charge is 0.224 e. The van der Waals surface area contributed by atoms with Crippen molar-refractivity contribution in [3.8, 4) is 0 Å². The molecule has 2 saturated carbocycles. The summed E-state index contributed by atoms with van der Waals surface area (Å²) >= 11 is 1.70. The Morgan fingerprint density at radius 3 is 2.75 bits per heavy atom. The molecule has 1 N–H and O–H groups in total. The Kier molecular flexibility index (Phi) is 3.69. The van der Waals surface area contributed by atoms with Crippen molar-refractivity contribution in [3.05, 3.63) is 23.2 Å². The molecule has 128 valence electrons. The van der Waals surface area contributed by atoms with Crippen LogP contribution < -0.4 is 5.32 Å². The van der Waals surface area contributed by atoms with E-state index in [1.54, 1.807) is 11.3 Å². The zero-order valence-corrected chi connectivity index (χ0v) is 15.2. The van der Waals surface area contributed by atoms with Crippen molar-refractivity contribution in [1.82, 2.24) is 4.98 Å². The molecule has 0 aliphatic heterocycles. The number of aromatic nitrogens is 1. The lowest BCUT2D eigenvalue weighted by Crippen LogP contribution is -2.23. The minimum atomic E-state index is -3.05. The van der Waals surface area contributed by atoms with Crippen LogP contribution in [0.15, 0.2) is 18.2 Å². The van der Waals surface area contributed by atoms with Crippen LogP contribution in [-0.2, 0) is 14.6 Å². The van der Waals surface area contributed by atoms with Crippen LogP contribution in [0.1, 0.15) is 43.0 Å². The van der Waals surface area contributed by atoms with E-state index >= 15 is 0 Å². The number of nitrogens with one attached hydrogen (secondary N) is 1. The van der Waals surface area contributed by atoms with Gasteiger partial charge in [-0.05, 0) is 49.3 Å². The van der Waals surface area contributed by atoms with Crippen molar-refractivity contribution < 1.29 is 13.2 Å². The van der Waals surface area contributed by atoms with Gasteiger partial charge in [-0.1, -0.05) is 0 Å². The quantitative estimate of drug-likeness (QED) is 0.853. The van der Waals surface area contributed by atoms with Crippen molar-refractivity contribution in [2.45, 2.75) is 38.0 Å². The molecule has 1 aromatic heterocycles. The summed E-state index contributed by atoms with van der Waals surface area (Å²) in [6.07, 6.45) is 5.59. The number of benzene rings is 1. The number of hydrogen-bond donors (Lipinski definition) is 1. The monoisotopic (exact) mass is 364 g/mol. The molecule has 24 heavy (non-hydrogen) atoms. The number of sulfone groups is 1. The first-order valence-corrected chi connectivity index (χ1v) is 11.1. The molecule has 0 atom stereocenters. The number of carbonyl (C=O) groups excluding carboxylic acids is 1. The summed E-state index contributed by atoms with van der Waals surface area (Å²) in [5, 5.41) is 4.11. The Hall–Kier alpha value is -1.47. The van der Waals surface area contributed by atoms with Crippen molar-refractivity contribution in [3.63, 3.8) is 0 Å². The number of hydrogen-bond acceptors (Lipinski definition) is 5. The molecule has 5 nitrogen and oxygen atoms in total. The SMILES string of the molecule is CS(=O)(=O)CC1(CC(=O)Nc2ccc3nc(C4CC4)sc3c2)CC1. The lowest BCUT2D eigenvalue weighted by Gasteiger charge is -2.13. The molecule has 1 amide bonds. The van der Waals surface area contributed by atoms with Crippen LogP contribution in [0, 0.1) is 5.41 Å². The maximum absolute atomic E-state index is 12.3. The summed E-state index contributed by atoms with van der Waals surface area (Å²) in [6.45, 7) is 0. The van der Waals surface area contributed by atoms with Gasteiger partial charge in [0, 0.05) is 24.3 Å². The lowest BCUT2D eigenvalue weighted by atomic mass is 10.1. The van der Waals surface area contributed by atoms with E-state index in [1.165, 1.54) is 24.1 Å². The maximum Gasteiger partial charge on any atom is 0.224 e. The van der Waals surface area contributed by atoms with E-state index in [1.807, 2.05) is 18.2 Å². The predicted octanol–water partition coefficient (Wildman–Crippen LogP) is 3.33. The minimum Gasteiger partial charge on any atom is -0.326 e. The zero-order valence-electron chi connectivity index (χ0n) is 13.5. The second-order valence-electron chi connectivity index (χ2n) is 7.30. The lowest BCUT2D eigenvalue weighted by molar-refractivity contribution is -0.117. The molecule has 1 aromatic carbocycles. The van der Waals surface area contributed by atoms with E-state index in [0.29, 0.717) is 5.92 Å². The Morgan fingerprint density at radius 2 is 2.12 bits per heavy atom. The average molecular weight is 364 g/mol. The predicted molar refractivity (Wildman–Crippen MR) is 96.2 cm³/mol. The maximum atomic E-state index is 12.3. The van der Waals surface area contributed by atoms with Gasteiger partial charge in [-0.2, -0.15) is 0 Å². The highest BCUT2D eigenvalue weighted by atomic mass is 32.2. The van der Waals surface area contributed by atoms with E-state index in [4.69, 9.17) is 0 Å². The standard InChI is InChI=1S/C17H20N2O3S2/c1-24(21,22)10-17(6-7-17)9-15(20)18-12-4-5-13-14(8-12)23-16(19-13)11-2-3-11/h4-5,8,11H,2-3,6-7,9-10H2,1H3,(H,18,20). The molecule has 0 saturated heterocycles. The van der Waals surface area contributed by atoms with Crippen LogP contribution in [0.3, 0.4) is 0 Å². The third-order valence-electron chi connectivity index (χ3n) is 4.68. The van der Waals surface area contributed by atoms with Gasteiger partial charge in [0.25, 0.3) is 0 Å². The number of fused-ring (bicyclic) bond motifs is 1. The number of thiazole rings is 1. The summed E-state index contributed by atoms with van der Waals surface area (Å²) in [6, 6.07) is 5.77. The van der Waals surface area contributed by atoms with Gasteiger partial charge in [-0.25, -0.2) is 13.4 Å². The molecule has 4 rings (SSSR count). The van der Waals surface area contributed by atoms with Gasteiger partial charge >= 0.3 is 0 Å². The fourth-order valence-corrected chi connectivity index (χ4v) is 5.85. The van der Waals surface area contributed by atoms with Gasteiger partial charge in [0.2, 0.25) is 5.91 Å². The van der Waals surface area contributed by atoms with Gasteiger partial charge < -0.3 is 5.32 Å². The normalized spacial score (nSPS) is 19.4. The third-order valence-corrected chi connectivity index (χ3v) is 6.99. The number of amides is 1. The number of rotatable bonds is 6. The number of carbonyl (C=O) groups is 1. The van der Waals surface area contributed by atoms with E-state index in [2.05, 4.69) is 10.3 Å². The minimum absolute atomic E-state index is 0.103. The average Bonchev–Trinajstić information content (AvgIpc) is 3.37. The molecule has 2 aliphatic carbocycles. The van der Waals surface area contributed by atoms with E-state index in [0.717, 1.165) is 28.7 Å². The molecule has 0 radical (unpaired) electrons. The second-order valence-corrected chi connectivity index (χ2v) is 10.5. The zero-order chi connectivity index (χ0) is 16.9. The van der Waals surface area contributed by atoms with Crippen LogP contribution in [0.5, 0.6) is 0 Å². The molecule has 1 heterocycles. The van der Waals surface area contributed by atoms with Gasteiger partial charge in [0.15, 0.2) is 0 Å². The van der Waals surface area contributed by atoms with Crippen molar-refractivity contribution in [1.29, 1.82) is 0 Å². The molecular weight excluding hydrogens is 344 g/mol. The van der Waals surface area contributed by atoms with Gasteiger partial charge in [0.1, 0.15) is 9.84 Å². The fraction of sp³-hybridized carbons (Fsp3) is 0.529. The van der Waals surface area contributed by atoms with Gasteiger partial charge in [-0.3, -0.25) is 4.79 Å². The first-order chi connectivity index (χ1) is 11.3. The molecule has 2 aromatic rings. The van der Waals surface area contributed by atoms with E-state index in [9.17, 15) is 13.2 Å². The highest BCUT2D eigenvalue weighted by Crippen LogP contribution is 2.50. The summed E-state index contributed by atoms with van der Waals surface area (Å²) < 4.78 is 24.1. The molecule has 7 heteroatoms. The van der Waals surface area contributed by atoms with Gasteiger partial charge in [0.05, 0.1) is 21.0 Å². The number of anilines is 1. The summed E-state index contributed by atoms with van der Waals surface area (Å²) in [4.78, 5) is 16.9. The van der Waals surface area contributed by atoms with Crippen molar-refractivity contribution in [2.75, 3.05) is 17.3 Å². The summed E-state index contributed by atoms with van der Waals surface area (Å²) in [7, 11) is -3.05. The fourth-order valence-electron chi connectivity index (χ4n) is 3.18. The van der Waals surface area contributed by atoms with Crippen LogP contribution in [0.25, 0.3) is 10.2 Å². The molecule has 0 spiro atoms. The molecule has 2 fully saturated rings. The van der Waals surface area contributed by atoms with E-state index < -0.39 is 9.84 Å². The van der Waals surface area contributed by atoms with Crippen LogP contribution in [-0.4, -0.2) is 31.3 Å². The first-order valence-electron chi connectivity index (χ1n) is 8.20. The highest BCUT2D eigenvalue weighted by molar-refractivity contribution is 7.90. The number of nitrogens with zero attached hydrogens (tertiary/aromatic N) is 1. The Labute approximate surface area is 145 Å². The van der Waals surface area contributed by atoms with E-state index in [-0.39, 0.29) is 23.5 Å². The Balaban J connectivity index is 1.44. The van der Waals surface area contributed by atoms with Crippen molar-refractivity contribution in [2.24, 2.45) is 5.41 Å². The Morgan fingerprint density at radius 1 is 1.38 bits per heavy atom. The molecule has 0 unspecified atom stereocenters. The van der Waals surface area contributed by atoms with Crippen LogP contribution in [0.4, 0.5) is 5.69 Å². The topological polar surface area (TPSA) is 76.1 Å². The van der Waals surface area contributed by atoms with Crippen LogP contribution in [0.2, 0.25) is 0 Å². The molecular formula is C17H20N2O3S2. The summed E-state index contributed by atoms with van der Waals surface area (Å²) in [5.74, 6) is 0.625. The Bertz CT molecular complexity index is 909. The summed E-state index contributed by atoms with van der Waals surface area (Å²) in [5.41, 5.74) is 1.40. The van der Waals surface area contributed by atoms with Gasteiger partial charge in [-0.15, -0.1) is 11.3 Å². The third kappa shape index (κ3) is 3.62. The van der Waals surface area contributed by atoms with Crippen LogP contribution >= 0.6 is 11.3 Å². The largest absolute Gasteiger partial charge is 0.326 e. The highest BCUT2D eigenvalue weighted by Gasteiger charge is 2.46. The second kappa shape index (κ2) is 5.52. The first kappa shape index (κ1) is 16.0. The van der Waals surface area contributed by atoms with Crippen molar-refractivity contribution >= 4 is 43.0 Å².